The molecule has 1 aliphatic heterocycles. The molecule has 2 rings (SSSR count). The third-order valence-corrected chi connectivity index (χ3v) is 5.05. The number of thiazole rings is 1. The minimum atomic E-state index is 0. The van der Waals surface area contributed by atoms with Crippen LogP contribution in [0.5, 0.6) is 0 Å². The zero-order valence-corrected chi connectivity index (χ0v) is 15.8. The Morgan fingerprint density at radius 1 is 1.41 bits per heavy atom. The van der Waals surface area contributed by atoms with Gasteiger partial charge in [0.2, 0.25) is 5.91 Å². The first-order valence-corrected chi connectivity index (χ1v) is 8.46. The van der Waals surface area contributed by atoms with E-state index in [2.05, 4.69) is 17.2 Å². The minimum absolute atomic E-state index is 0. The minimum Gasteiger partial charge on any atom is -0.342 e. The van der Waals surface area contributed by atoms with Crippen LogP contribution < -0.4 is 5.32 Å². The molecular weight excluding hydrogens is 341 g/mol. The van der Waals surface area contributed by atoms with Crippen LogP contribution in [0.4, 0.5) is 0 Å². The van der Waals surface area contributed by atoms with Crippen LogP contribution in [-0.2, 0) is 17.6 Å². The number of piperidine rings is 1. The lowest BCUT2D eigenvalue weighted by Gasteiger charge is -2.32. The van der Waals surface area contributed by atoms with Crippen LogP contribution in [0.15, 0.2) is 5.38 Å². The molecule has 1 amide bonds. The van der Waals surface area contributed by atoms with Crippen LogP contribution in [0, 0.1) is 5.92 Å². The Morgan fingerprint density at radius 2 is 2.09 bits per heavy atom. The van der Waals surface area contributed by atoms with Gasteiger partial charge >= 0.3 is 0 Å². The van der Waals surface area contributed by atoms with Crippen molar-refractivity contribution in [1.29, 1.82) is 0 Å². The summed E-state index contributed by atoms with van der Waals surface area (Å²) in [5.74, 6) is 1.02. The zero-order valence-electron chi connectivity index (χ0n) is 13.3. The van der Waals surface area contributed by atoms with Crippen molar-refractivity contribution in [2.75, 3.05) is 26.7 Å². The Labute approximate surface area is 149 Å². The normalized spacial score (nSPS) is 15.1. The predicted octanol–water partition coefficient (Wildman–Crippen LogP) is 2.94. The Morgan fingerprint density at radius 3 is 2.64 bits per heavy atom. The molecule has 0 aliphatic carbocycles. The van der Waals surface area contributed by atoms with Crippen molar-refractivity contribution >= 4 is 42.1 Å². The SMILES string of the molecule is CCc1nc(CC(=O)N2CCC(CCNC)CC2)cs1.Cl.Cl. The molecule has 7 heteroatoms. The molecule has 1 saturated heterocycles. The third-order valence-electron chi connectivity index (χ3n) is 4.00. The van der Waals surface area contributed by atoms with Crippen LogP contribution in [0.3, 0.4) is 0 Å². The highest BCUT2D eigenvalue weighted by Gasteiger charge is 2.22. The standard InChI is InChI=1S/C15H25N3OS.2ClH/c1-3-14-17-13(11-20-14)10-15(19)18-8-5-12(6-9-18)4-7-16-2;;/h11-12,16H,3-10H2,1-2H3;2*1H. The van der Waals surface area contributed by atoms with Gasteiger partial charge in [-0.05, 0) is 45.2 Å². The molecule has 4 nitrogen and oxygen atoms in total. The van der Waals surface area contributed by atoms with Crippen molar-refractivity contribution in [3.63, 3.8) is 0 Å². The second-order valence-corrected chi connectivity index (χ2v) is 6.42. The topological polar surface area (TPSA) is 45.2 Å². The number of hydrogen-bond donors (Lipinski definition) is 1. The zero-order chi connectivity index (χ0) is 14.4. The van der Waals surface area contributed by atoms with E-state index in [0.29, 0.717) is 6.42 Å². The van der Waals surface area contributed by atoms with Gasteiger partial charge in [-0.25, -0.2) is 4.98 Å². The van der Waals surface area contributed by atoms with E-state index in [9.17, 15) is 4.79 Å². The number of rotatable bonds is 6. The van der Waals surface area contributed by atoms with Crippen molar-refractivity contribution in [3.8, 4) is 0 Å². The lowest BCUT2D eigenvalue weighted by molar-refractivity contribution is -0.131. The maximum Gasteiger partial charge on any atom is 0.228 e. The van der Waals surface area contributed by atoms with Gasteiger partial charge < -0.3 is 10.2 Å². The molecule has 0 atom stereocenters. The van der Waals surface area contributed by atoms with E-state index in [4.69, 9.17) is 0 Å². The van der Waals surface area contributed by atoms with E-state index in [-0.39, 0.29) is 30.7 Å². The van der Waals surface area contributed by atoms with Gasteiger partial charge in [-0.15, -0.1) is 36.2 Å². The summed E-state index contributed by atoms with van der Waals surface area (Å²) in [7, 11) is 2.00. The maximum atomic E-state index is 12.3. The largest absolute Gasteiger partial charge is 0.342 e. The molecule has 1 aliphatic rings. The van der Waals surface area contributed by atoms with Crippen LogP contribution >= 0.6 is 36.2 Å². The highest BCUT2D eigenvalue weighted by molar-refractivity contribution is 7.09. The smallest absolute Gasteiger partial charge is 0.228 e. The van der Waals surface area contributed by atoms with Crippen molar-refractivity contribution in [1.82, 2.24) is 15.2 Å². The Kier molecular flexibility index (Phi) is 11.0. The lowest BCUT2D eigenvalue weighted by Crippen LogP contribution is -2.39. The molecule has 0 unspecified atom stereocenters. The van der Waals surface area contributed by atoms with Crippen molar-refractivity contribution < 1.29 is 4.79 Å². The van der Waals surface area contributed by atoms with Gasteiger partial charge in [-0.1, -0.05) is 6.92 Å². The first kappa shape index (κ1) is 21.6. The van der Waals surface area contributed by atoms with Crippen molar-refractivity contribution in [2.24, 2.45) is 5.92 Å². The second-order valence-electron chi connectivity index (χ2n) is 5.48. The molecule has 22 heavy (non-hydrogen) atoms. The van der Waals surface area contributed by atoms with Gasteiger partial charge in [0.15, 0.2) is 0 Å². The average Bonchev–Trinajstić information content (AvgIpc) is 2.93. The van der Waals surface area contributed by atoms with Gasteiger partial charge in [-0.2, -0.15) is 0 Å². The lowest BCUT2D eigenvalue weighted by atomic mass is 9.93. The number of likely N-dealkylation sites (tertiary alicyclic amines) is 1. The first-order chi connectivity index (χ1) is 9.72. The summed E-state index contributed by atoms with van der Waals surface area (Å²) in [6.07, 6.45) is 4.94. The Balaban J connectivity index is 0.00000220. The number of carbonyl (C=O) groups is 1. The molecule has 0 saturated carbocycles. The van der Waals surface area contributed by atoms with Gasteiger partial charge in [0.1, 0.15) is 0 Å². The summed E-state index contributed by atoms with van der Waals surface area (Å²) in [6, 6.07) is 0. The van der Waals surface area contributed by atoms with E-state index in [1.807, 2.05) is 17.3 Å². The number of aryl methyl sites for hydroxylation is 1. The van der Waals surface area contributed by atoms with Gasteiger partial charge in [-0.3, -0.25) is 4.79 Å². The van der Waals surface area contributed by atoms with Gasteiger partial charge in [0.25, 0.3) is 0 Å². The highest BCUT2D eigenvalue weighted by Crippen LogP contribution is 2.21. The van der Waals surface area contributed by atoms with E-state index in [1.165, 1.54) is 6.42 Å². The number of carbonyl (C=O) groups excluding carboxylic acids is 1. The van der Waals surface area contributed by atoms with Crippen LogP contribution in [0.2, 0.25) is 0 Å². The molecule has 2 heterocycles. The molecule has 0 bridgehead atoms. The third kappa shape index (κ3) is 6.41. The number of halogens is 2. The summed E-state index contributed by atoms with van der Waals surface area (Å²) in [6.45, 7) is 5.01. The summed E-state index contributed by atoms with van der Waals surface area (Å²) in [4.78, 5) is 18.8. The molecule has 0 radical (unpaired) electrons. The van der Waals surface area contributed by atoms with Gasteiger partial charge in [0, 0.05) is 18.5 Å². The molecule has 1 aromatic rings. The van der Waals surface area contributed by atoms with E-state index >= 15 is 0 Å². The molecule has 128 valence electrons. The van der Waals surface area contributed by atoms with E-state index in [1.54, 1.807) is 11.3 Å². The molecule has 1 N–H and O–H groups in total. The van der Waals surface area contributed by atoms with Crippen LogP contribution in [-0.4, -0.2) is 42.5 Å². The van der Waals surface area contributed by atoms with E-state index < -0.39 is 0 Å². The number of nitrogens with one attached hydrogen (secondary N) is 1. The van der Waals surface area contributed by atoms with Crippen molar-refractivity contribution in [2.45, 2.75) is 39.0 Å². The molecule has 1 aromatic heterocycles. The number of hydrogen-bond acceptors (Lipinski definition) is 4. The maximum absolute atomic E-state index is 12.3. The highest BCUT2D eigenvalue weighted by atomic mass is 35.5. The monoisotopic (exact) mass is 367 g/mol. The second kappa shape index (κ2) is 11.2. The fourth-order valence-corrected chi connectivity index (χ4v) is 3.42. The number of amides is 1. The molecule has 0 spiro atoms. The Hall–Kier alpha value is -0.360. The fourth-order valence-electron chi connectivity index (χ4n) is 2.68. The number of nitrogens with zero attached hydrogens (tertiary/aromatic N) is 2. The van der Waals surface area contributed by atoms with Crippen LogP contribution in [0.25, 0.3) is 0 Å². The Bertz CT molecular complexity index is 434. The number of aromatic nitrogens is 1. The quantitative estimate of drug-likeness (QED) is 0.840. The van der Waals surface area contributed by atoms with Gasteiger partial charge in [0.05, 0.1) is 17.1 Å². The summed E-state index contributed by atoms with van der Waals surface area (Å²) in [5, 5.41) is 6.35. The summed E-state index contributed by atoms with van der Waals surface area (Å²) >= 11 is 1.66. The van der Waals surface area contributed by atoms with Crippen LogP contribution in [0.1, 0.15) is 36.9 Å². The predicted molar refractivity (Wildman–Crippen MR) is 97.5 cm³/mol. The fraction of sp³-hybridized carbons (Fsp3) is 0.733. The average molecular weight is 368 g/mol. The summed E-state index contributed by atoms with van der Waals surface area (Å²) in [5.41, 5.74) is 0.939. The van der Waals surface area contributed by atoms with Crippen molar-refractivity contribution in [3.05, 3.63) is 16.1 Å². The molecule has 1 fully saturated rings. The summed E-state index contributed by atoms with van der Waals surface area (Å²) < 4.78 is 0. The molecular formula is C15H27Cl2N3OS. The molecule has 0 aromatic carbocycles. The van der Waals surface area contributed by atoms with E-state index in [0.717, 1.165) is 55.5 Å². The first-order valence-electron chi connectivity index (χ1n) is 7.58.